The minimum Gasteiger partial charge on any atom is -0.467 e. The van der Waals surface area contributed by atoms with Crippen LogP contribution in [0.5, 0.6) is 0 Å². The number of carbonyl (C=O) groups is 2. The first-order chi connectivity index (χ1) is 11.5. The molecule has 2 rings (SSSR count). The summed E-state index contributed by atoms with van der Waals surface area (Å²) in [5.41, 5.74) is -0.800. The van der Waals surface area contributed by atoms with Crippen LogP contribution in [0, 0.1) is 5.82 Å². The molecule has 0 saturated heterocycles. The molecule has 1 aromatic carbocycles. The number of methoxy groups -OCH3 is 1. The molecular formula is C17H19FN2O4. The van der Waals surface area contributed by atoms with Gasteiger partial charge in [0.25, 0.3) is 0 Å². The summed E-state index contributed by atoms with van der Waals surface area (Å²) in [4.78, 5) is 23.6. The lowest BCUT2D eigenvalue weighted by molar-refractivity contribution is -0.140. The summed E-state index contributed by atoms with van der Waals surface area (Å²) in [5.74, 6) is -1.55. The molecule has 0 bridgehead atoms. The van der Waals surface area contributed by atoms with Gasteiger partial charge in [-0.25, -0.2) is 4.39 Å². The number of halogens is 1. The zero-order valence-electron chi connectivity index (χ0n) is 13.5. The fourth-order valence-electron chi connectivity index (χ4n) is 2.16. The maximum absolute atomic E-state index is 14.0. The molecule has 1 aromatic heterocycles. The number of hydrogen-bond acceptors (Lipinski definition) is 4. The van der Waals surface area contributed by atoms with Crippen LogP contribution in [0.2, 0.25) is 0 Å². The summed E-state index contributed by atoms with van der Waals surface area (Å²) in [6, 6.07) is 9.48. The molecule has 0 fully saturated rings. The fourth-order valence-corrected chi connectivity index (χ4v) is 2.16. The summed E-state index contributed by atoms with van der Waals surface area (Å²) in [7, 11) is 1.41. The van der Waals surface area contributed by atoms with Gasteiger partial charge in [-0.2, -0.15) is 0 Å². The van der Waals surface area contributed by atoms with Gasteiger partial charge in [-0.05, 0) is 25.1 Å². The molecule has 0 radical (unpaired) electrons. The van der Waals surface area contributed by atoms with Crippen molar-refractivity contribution in [2.24, 2.45) is 0 Å². The largest absolute Gasteiger partial charge is 0.467 e. The van der Waals surface area contributed by atoms with Crippen LogP contribution in [0.15, 0.2) is 47.1 Å². The number of carbonyl (C=O) groups excluding carboxylic acids is 2. The summed E-state index contributed by atoms with van der Waals surface area (Å²) >= 11 is 0. The van der Waals surface area contributed by atoms with E-state index >= 15 is 0 Å². The van der Waals surface area contributed by atoms with Crippen LogP contribution >= 0.6 is 0 Å². The Kier molecular flexibility index (Phi) is 5.70. The third-order valence-electron chi connectivity index (χ3n) is 3.69. The van der Waals surface area contributed by atoms with Gasteiger partial charge >= 0.3 is 11.8 Å². The first-order valence-electron chi connectivity index (χ1n) is 7.35. The fraction of sp³-hybridized carbons (Fsp3) is 0.294. The SMILES string of the molecule is COC(C)(CNC(=O)C(=O)NCc1ccco1)c1ccccc1F. The van der Waals surface area contributed by atoms with Crippen molar-refractivity contribution >= 4 is 11.8 Å². The van der Waals surface area contributed by atoms with E-state index in [2.05, 4.69) is 10.6 Å². The summed E-state index contributed by atoms with van der Waals surface area (Å²) in [6.07, 6.45) is 1.47. The van der Waals surface area contributed by atoms with Crippen molar-refractivity contribution in [1.82, 2.24) is 10.6 Å². The third-order valence-corrected chi connectivity index (χ3v) is 3.69. The molecular weight excluding hydrogens is 315 g/mol. The van der Waals surface area contributed by atoms with E-state index < -0.39 is 23.2 Å². The van der Waals surface area contributed by atoms with Crippen LogP contribution in [-0.4, -0.2) is 25.5 Å². The van der Waals surface area contributed by atoms with Gasteiger partial charge in [-0.15, -0.1) is 0 Å². The molecule has 0 aliphatic heterocycles. The molecule has 24 heavy (non-hydrogen) atoms. The summed E-state index contributed by atoms with van der Waals surface area (Å²) < 4.78 is 24.4. The number of ether oxygens (including phenoxy) is 1. The first-order valence-corrected chi connectivity index (χ1v) is 7.35. The number of furan rings is 1. The van der Waals surface area contributed by atoms with Gasteiger partial charge in [0.1, 0.15) is 17.2 Å². The third kappa shape index (κ3) is 4.20. The highest BCUT2D eigenvalue weighted by atomic mass is 19.1. The summed E-state index contributed by atoms with van der Waals surface area (Å²) in [6.45, 7) is 1.68. The molecule has 6 nitrogen and oxygen atoms in total. The van der Waals surface area contributed by atoms with Crippen LogP contribution in [0.25, 0.3) is 0 Å². The predicted molar refractivity (Wildman–Crippen MR) is 84.3 cm³/mol. The Morgan fingerprint density at radius 2 is 1.88 bits per heavy atom. The molecule has 1 heterocycles. The average molecular weight is 334 g/mol. The lowest BCUT2D eigenvalue weighted by Gasteiger charge is -2.29. The molecule has 7 heteroatoms. The van der Waals surface area contributed by atoms with Gasteiger partial charge in [0.2, 0.25) is 0 Å². The second kappa shape index (κ2) is 7.74. The molecule has 1 atom stereocenters. The standard InChI is InChI=1S/C17H19FN2O4/c1-17(23-2,13-7-3-4-8-14(13)18)11-20-16(22)15(21)19-10-12-6-5-9-24-12/h3-9H,10-11H2,1-2H3,(H,19,21)(H,20,22). The molecule has 2 aromatic rings. The topological polar surface area (TPSA) is 80.6 Å². The van der Waals surface area contributed by atoms with Gasteiger partial charge in [0.05, 0.1) is 19.4 Å². The predicted octanol–water partition coefficient (Wildman–Crippen LogP) is 1.71. The van der Waals surface area contributed by atoms with E-state index in [1.165, 1.54) is 19.4 Å². The highest BCUT2D eigenvalue weighted by Gasteiger charge is 2.30. The van der Waals surface area contributed by atoms with Crippen LogP contribution in [0.1, 0.15) is 18.2 Å². The van der Waals surface area contributed by atoms with Crippen molar-refractivity contribution in [2.45, 2.75) is 19.1 Å². The molecule has 2 amide bonds. The Bertz CT molecular complexity index is 702. The highest BCUT2D eigenvalue weighted by Crippen LogP contribution is 2.26. The van der Waals surface area contributed by atoms with E-state index in [-0.39, 0.29) is 13.1 Å². The Hall–Kier alpha value is -2.67. The lowest BCUT2D eigenvalue weighted by atomic mass is 9.95. The van der Waals surface area contributed by atoms with E-state index in [4.69, 9.17) is 9.15 Å². The average Bonchev–Trinajstić information content (AvgIpc) is 3.11. The smallest absolute Gasteiger partial charge is 0.309 e. The number of hydrogen-bond donors (Lipinski definition) is 2. The zero-order valence-corrected chi connectivity index (χ0v) is 13.5. The first kappa shape index (κ1) is 17.7. The van der Waals surface area contributed by atoms with Crippen LogP contribution in [0.4, 0.5) is 4.39 Å². The minimum atomic E-state index is -1.09. The van der Waals surface area contributed by atoms with Crippen molar-refractivity contribution in [1.29, 1.82) is 0 Å². The van der Waals surface area contributed by atoms with Gasteiger partial charge < -0.3 is 19.8 Å². The second-order valence-electron chi connectivity index (χ2n) is 5.36. The van der Waals surface area contributed by atoms with Crippen molar-refractivity contribution in [3.63, 3.8) is 0 Å². The van der Waals surface area contributed by atoms with Crippen molar-refractivity contribution in [3.8, 4) is 0 Å². The van der Waals surface area contributed by atoms with E-state index in [0.29, 0.717) is 11.3 Å². The molecule has 128 valence electrons. The second-order valence-corrected chi connectivity index (χ2v) is 5.36. The number of rotatable bonds is 6. The van der Waals surface area contributed by atoms with Crippen molar-refractivity contribution < 1.29 is 23.1 Å². The molecule has 2 N–H and O–H groups in total. The quantitative estimate of drug-likeness (QED) is 0.788. The molecule has 0 saturated carbocycles. The van der Waals surface area contributed by atoms with Crippen LogP contribution in [0.3, 0.4) is 0 Å². The van der Waals surface area contributed by atoms with E-state index in [9.17, 15) is 14.0 Å². The Labute approximate surface area is 139 Å². The molecule has 0 spiro atoms. The number of benzene rings is 1. The minimum absolute atomic E-state index is 0.0581. The maximum atomic E-state index is 14.0. The normalized spacial score (nSPS) is 13.1. The maximum Gasteiger partial charge on any atom is 0.309 e. The zero-order chi connectivity index (χ0) is 17.6. The number of nitrogens with one attached hydrogen (secondary N) is 2. The Morgan fingerprint density at radius 3 is 2.50 bits per heavy atom. The van der Waals surface area contributed by atoms with Gasteiger partial charge in [0, 0.05) is 12.7 Å². The van der Waals surface area contributed by atoms with E-state index in [1.54, 1.807) is 37.3 Å². The highest BCUT2D eigenvalue weighted by molar-refractivity contribution is 6.35. The monoisotopic (exact) mass is 334 g/mol. The van der Waals surface area contributed by atoms with Gasteiger partial charge in [-0.1, -0.05) is 18.2 Å². The van der Waals surface area contributed by atoms with Gasteiger partial charge in [0.15, 0.2) is 0 Å². The molecule has 0 aliphatic rings. The van der Waals surface area contributed by atoms with Gasteiger partial charge in [-0.3, -0.25) is 9.59 Å². The Balaban J connectivity index is 1.93. The Morgan fingerprint density at radius 1 is 1.17 bits per heavy atom. The van der Waals surface area contributed by atoms with Crippen molar-refractivity contribution in [2.75, 3.05) is 13.7 Å². The van der Waals surface area contributed by atoms with E-state index in [0.717, 1.165) is 0 Å². The van der Waals surface area contributed by atoms with Crippen LogP contribution < -0.4 is 10.6 Å². The van der Waals surface area contributed by atoms with Crippen molar-refractivity contribution in [3.05, 3.63) is 59.8 Å². The van der Waals surface area contributed by atoms with Crippen LogP contribution in [-0.2, 0) is 26.5 Å². The molecule has 1 unspecified atom stereocenters. The lowest BCUT2D eigenvalue weighted by Crippen LogP contribution is -2.46. The molecule has 0 aliphatic carbocycles. The number of amides is 2. The van der Waals surface area contributed by atoms with E-state index in [1.807, 2.05) is 0 Å². The summed E-state index contributed by atoms with van der Waals surface area (Å²) in [5, 5.41) is 4.89.